The number of guanidine groups is 1. The number of nitrogens with one attached hydrogen (secondary N) is 3. The van der Waals surface area contributed by atoms with Crippen LogP contribution in [0.25, 0.3) is 0 Å². The van der Waals surface area contributed by atoms with Crippen molar-refractivity contribution in [3.63, 3.8) is 0 Å². The van der Waals surface area contributed by atoms with Gasteiger partial charge in [-0.05, 0) is 38.9 Å². The first-order chi connectivity index (χ1) is 14.2. The summed E-state index contributed by atoms with van der Waals surface area (Å²) in [5.74, 6) is 0.697. The van der Waals surface area contributed by atoms with Gasteiger partial charge in [-0.3, -0.25) is 9.89 Å². The van der Waals surface area contributed by atoms with Crippen LogP contribution in [0.2, 0.25) is 0 Å². The van der Waals surface area contributed by atoms with Crippen molar-refractivity contribution < 1.29 is 9.53 Å². The highest BCUT2D eigenvalue weighted by Crippen LogP contribution is 2.10. The standard InChI is InChI=1S/C22H38N6O2.HI/c1-22(2,3)30-21(29)25-11-10-24-20(23-4)26-16-18-6-8-19(9-7-18)17-28-14-12-27(5)13-15-28;/h6-9H,10-17H2,1-5H3,(H,25,29)(H2,23,24,26);1H. The smallest absolute Gasteiger partial charge is 0.407 e. The van der Waals surface area contributed by atoms with Crippen molar-refractivity contribution in [1.82, 2.24) is 25.8 Å². The average Bonchev–Trinajstić information content (AvgIpc) is 2.69. The number of rotatable bonds is 7. The van der Waals surface area contributed by atoms with Gasteiger partial charge >= 0.3 is 6.09 Å². The highest BCUT2D eigenvalue weighted by Gasteiger charge is 2.15. The average molecular weight is 546 g/mol. The van der Waals surface area contributed by atoms with Gasteiger partial charge in [-0.2, -0.15) is 0 Å². The molecule has 8 nitrogen and oxygen atoms in total. The zero-order valence-corrected chi connectivity index (χ0v) is 21.9. The number of amides is 1. The third kappa shape index (κ3) is 11.6. The molecule has 1 aromatic carbocycles. The van der Waals surface area contributed by atoms with E-state index in [1.54, 1.807) is 7.05 Å². The number of halogens is 1. The predicted molar refractivity (Wildman–Crippen MR) is 137 cm³/mol. The molecule has 0 unspecified atom stereocenters. The topological polar surface area (TPSA) is 81.2 Å². The fourth-order valence-electron chi connectivity index (χ4n) is 3.09. The largest absolute Gasteiger partial charge is 0.444 e. The number of hydrogen-bond donors (Lipinski definition) is 3. The SMILES string of the molecule is CN=C(NCCNC(=O)OC(C)(C)C)NCc1ccc(CN2CCN(C)CC2)cc1.I. The minimum atomic E-state index is -0.491. The molecule has 0 atom stereocenters. The van der Waals surface area contributed by atoms with Crippen molar-refractivity contribution in [2.75, 3.05) is 53.4 Å². The number of carbonyl (C=O) groups excluding carboxylic acids is 1. The lowest BCUT2D eigenvalue weighted by atomic mass is 10.1. The molecule has 2 rings (SSSR count). The summed E-state index contributed by atoms with van der Waals surface area (Å²) in [7, 11) is 3.91. The van der Waals surface area contributed by atoms with Gasteiger partial charge in [0.1, 0.15) is 5.60 Å². The number of ether oxygens (including phenoxy) is 1. The second-order valence-electron chi connectivity index (χ2n) is 8.68. The Kier molecular flexibility index (Phi) is 12.2. The lowest BCUT2D eigenvalue weighted by Crippen LogP contribution is -2.43. The molecule has 0 bridgehead atoms. The van der Waals surface area contributed by atoms with Crippen molar-refractivity contribution in [1.29, 1.82) is 0 Å². The van der Waals surface area contributed by atoms with Crippen LogP contribution in [0, 0.1) is 0 Å². The Morgan fingerprint density at radius 2 is 1.58 bits per heavy atom. The Bertz CT molecular complexity index is 682. The molecule has 9 heteroatoms. The maximum absolute atomic E-state index is 11.6. The number of likely N-dealkylation sites (N-methyl/N-ethyl adjacent to an activating group) is 1. The maximum Gasteiger partial charge on any atom is 0.407 e. The van der Waals surface area contributed by atoms with Crippen LogP contribution in [0.3, 0.4) is 0 Å². The normalized spacial score (nSPS) is 15.7. The van der Waals surface area contributed by atoms with Gasteiger partial charge < -0.3 is 25.6 Å². The van der Waals surface area contributed by atoms with E-state index in [9.17, 15) is 4.79 Å². The van der Waals surface area contributed by atoms with Gasteiger partial charge in [0.2, 0.25) is 0 Å². The molecule has 0 aromatic heterocycles. The van der Waals surface area contributed by atoms with Crippen molar-refractivity contribution in [2.45, 2.75) is 39.5 Å². The molecule has 1 aromatic rings. The number of aliphatic imine (C=N–C) groups is 1. The monoisotopic (exact) mass is 546 g/mol. The third-order valence-electron chi connectivity index (χ3n) is 4.79. The molecule has 1 fully saturated rings. The first kappa shape index (κ1) is 27.4. The van der Waals surface area contributed by atoms with Crippen molar-refractivity contribution >= 4 is 36.0 Å². The summed E-state index contributed by atoms with van der Waals surface area (Å²) < 4.78 is 5.21. The second kappa shape index (κ2) is 13.7. The number of benzene rings is 1. The fourth-order valence-corrected chi connectivity index (χ4v) is 3.09. The van der Waals surface area contributed by atoms with E-state index in [1.807, 2.05) is 20.8 Å². The Labute approximate surface area is 204 Å². The summed E-state index contributed by atoms with van der Waals surface area (Å²) in [6, 6.07) is 8.73. The maximum atomic E-state index is 11.6. The molecule has 3 N–H and O–H groups in total. The van der Waals surface area contributed by atoms with Crippen LogP contribution in [-0.2, 0) is 17.8 Å². The molecular weight excluding hydrogens is 507 g/mol. The quantitative estimate of drug-likeness (QED) is 0.211. The molecule has 0 saturated carbocycles. The van der Waals surface area contributed by atoms with E-state index in [-0.39, 0.29) is 24.0 Å². The first-order valence-electron chi connectivity index (χ1n) is 10.7. The molecule has 0 aliphatic carbocycles. The highest BCUT2D eigenvalue weighted by molar-refractivity contribution is 14.0. The van der Waals surface area contributed by atoms with Crippen LogP contribution in [0.4, 0.5) is 4.79 Å². The van der Waals surface area contributed by atoms with Gasteiger partial charge in [0.05, 0.1) is 0 Å². The number of hydrogen-bond acceptors (Lipinski definition) is 5. The van der Waals surface area contributed by atoms with Gasteiger partial charge in [-0.1, -0.05) is 24.3 Å². The highest BCUT2D eigenvalue weighted by atomic mass is 127. The van der Waals surface area contributed by atoms with Crippen LogP contribution in [-0.4, -0.2) is 80.8 Å². The van der Waals surface area contributed by atoms with Gasteiger partial charge in [0, 0.05) is 59.4 Å². The fraction of sp³-hybridized carbons (Fsp3) is 0.636. The summed E-state index contributed by atoms with van der Waals surface area (Å²) in [5.41, 5.74) is 2.06. The van der Waals surface area contributed by atoms with E-state index >= 15 is 0 Å². The van der Waals surface area contributed by atoms with Crippen molar-refractivity contribution in [3.8, 4) is 0 Å². The number of piperazine rings is 1. The van der Waals surface area contributed by atoms with Crippen LogP contribution < -0.4 is 16.0 Å². The lowest BCUT2D eigenvalue weighted by molar-refractivity contribution is 0.0529. The summed E-state index contributed by atoms with van der Waals surface area (Å²) in [5, 5.41) is 9.20. The Morgan fingerprint density at radius 3 is 2.16 bits per heavy atom. The van der Waals surface area contributed by atoms with E-state index in [1.165, 1.54) is 11.1 Å². The molecule has 176 valence electrons. The molecule has 1 aliphatic heterocycles. The molecule has 1 saturated heterocycles. The van der Waals surface area contributed by atoms with Crippen LogP contribution in [0.1, 0.15) is 31.9 Å². The lowest BCUT2D eigenvalue weighted by Gasteiger charge is -2.32. The van der Waals surface area contributed by atoms with E-state index < -0.39 is 11.7 Å². The Morgan fingerprint density at radius 1 is 1.00 bits per heavy atom. The number of nitrogens with zero attached hydrogens (tertiary/aromatic N) is 3. The zero-order chi connectivity index (χ0) is 22.0. The molecule has 1 aliphatic rings. The number of alkyl carbamates (subject to hydrolysis) is 1. The van der Waals surface area contributed by atoms with E-state index in [0.29, 0.717) is 25.6 Å². The first-order valence-corrected chi connectivity index (χ1v) is 10.7. The third-order valence-corrected chi connectivity index (χ3v) is 4.79. The second-order valence-corrected chi connectivity index (χ2v) is 8.68. The van der Waals surface area contributed by atoms with Crippen molar-refractivity contribution in [2.24, 2.45) is 4.99 Å². The van der Waals surface area contributed by atoms with Crippen molar-refractivity contribution in [3.05, 3.63) is 35.4 Å². The zero-order valence-electron chi connectivity index (χ0n) is 19.5. The summed E-state index contributed by atoms with van der Waals surface area (Å²) in [6.45, 7) is 12.8. The molecule has 31 heavy (non-hydrogen) atoms. The minimum Gasteiger partial charge on any atom is -0.444 e. The van der Waals surface area contributed by atoms with Gasteiger partial charge in [-0.15, -0.1) is 24.0 Å². The van der Waals surface area contributed by atoms with Gasteiger partial charge in [-0.25, -0.2) is 4.79 Å². The van der Waals surface area contributed by atoms with Gasteiger partial charge in [0.25, 0.3) is 0 Å². The van der Waals surface area contributed by atoms with Crippen LogP contribution in [0.5, 0.6) is 0 Å². The van der Waals surface area contributed by atoms with E-state index in [4.69, 9.17) is 4.74 Å². The van der Waals surface area contributed by atoms with E-state index in [0.717, 1.165) is 32.7 Å². The molecule has 0 spiro atoms. The number of carbonyl (C=O) groups is 1. The molecule has 1 heterocycles. The van der Waals surface area contributed by atoms with Crippen LogP contribution in [0.15, 0.2) is 29.3 Å². The Balaban J connectivity index is 0.00000480. The summed E-state index contributed by atoms with van der Waals surface area (Å²) >= 11 is 0. The predicted octanol–water partition coefficient (Wildman–Crippen LogP) is 2.24. The minimum absolute atomic E-state index is 0. The van der Waals surface area contributed by atoms with Crippen LogP contribution >= 0.6 is 24.0 Å². The van der Waals surface area contributed by atoms with E-state index in [2.05, 4.69) is 62.1 Å². The molecule has 1 amide bonds. The Hall–Kier alpha value is -1.59. The molecular formula is C22H39IN6O2. The molecule has 0 radical (unpaired) electrons. The summed E-state index contributed by atoms with van der Waals surface area (Å²) in [6.07, 6.45) is -0.413. The van der Waals surface area contributed by atoms with Gasteiger partial charge in [0.15, 0.2) is 5.96 Å². The summed E-state index contributed by atoms with van der Waals surface area (Å²) in [4.78, 5) is 20.7.